The summed E-state index contributed by atoms with van der Waals surface area (Å²) in [5.74, 6) is 0.174. The van der Waals surface area contributed by atoms with Crippen molar-refractivity contribution in [2.24, 2.45) is 11.1 Å². The van der Waals surface area contributed by atoms with Gasteiger partial charge in [-0.1, -0.05) is 20.8 Å². The van der Waals surface area contributed by atoms with Crippen LogP contribution in [0.3, 0.4) is 0 Å². The Hall–Kier alpha value is -0.610. The molecule has 16 heavy (non-hydrogen) atoms. The van der Waals surface area contributed by atoms with Crippen LogP contribution in [0, 0.1) is 11.2 Å². The minimum absolute atomic E-state index is 0.0828. The Kier molecular flexibility index (Phi) is 4.33. The van der Waals surface area contributed by atoms with Crippen LogP contribution in [0.15, 0.2) is 22.7 Å². The van der Waals surface area contributed by atoms with Gasteiger partial charge >= 0.3 is 0 Å². The lowest BCUT2D eigenvalue weighted by molar-refractivity contribution is 0.0930. The molecular formula is C12H17BrFNO. The van der Waals surface area contributed by atoms with Gasteiger partial charge in [0.1, 0.15) is 17.7 Å². The van der Waals surface area contributed by atoms with Crippen LogP contribution in [-0.4, -0.2) is 12.6 Å². The zero-order valence-electron chi connectivity index (χ0n) is 9.76. The third-order valence-corrected chi connectivity index (χ3v) is 3.00. The highest BCUT2D eigenvalue weighted by molar-refractivity contribution is 9.10. The Morgan fingerprint density at radius 3 is 2.56 bits per heavy atom. The van der Waals surface area contributed by atoms with E-state index in [1.54, 1.807) is 6.07 Å². The molecule has 0 heterocycles. The molecule has 1 aromatic carbocycles. The Morgan fingerprint density at radius 2 is 2.06 bits per heavy atom. The summed E-state index contributed by atoms with van der Waals surface area (Å²) in [7, 11) is 0. The molecule has 0 fully saturated rings. The number of halogens is 2. The molecule has 0 amide bonds. The highest BCUT2D eigenvalue weighted by Gasteiger charge is 2.25. The second-order valence-electron chi connectivity index (χ2n) is 4.78. The zero-order chi connectivity index (χ0) is 12.3. The number of ether oxygens (including phenoxy) is 1. The van der Waals surface area contributed by atoms with Crippen LogP contribution in [0.2, 0.25) is 0 Å². The summed E-state index contributed by atoms with van der Waals surface area (Å²) in [6.45, 7) is 6.51. The predicted octanol–water partition coefficient (Wildman–Crippen LogP) is 3.34. The fraction of sp³-hybridized carbons (Fsp3) is 0.500. The summed E-state index contributed by atoms with van der Waals surface area (Å²) in [5.41, 5.74) is 5.58. The number of hydrogen-bond acceptors (Lipinski definition) is 2. The zero-order valence-corrected chi connectivity index (χ0v) is 11.3. The minimum Gasteiger partial charge on any atom is -0.487 e. The van der Waals surface area contributed by atoms with Gasteiger partial charge in [0, 0.05) is 18.0 Å². The smallest absolute Gasteiger partial charge is 0.136 e. The molecule has 4 heteroatoms. The standard InChI is InChI=1S/C12H17BrFNO/c1-12(2,3)11(7-15)16-10-6-8(14)4-5-9(10)13/h4-6,11H,7,15H2,1-3H3. The quantitative estimate of drug-likeness (QED) is 0.926. The molecule has 2 nitrogen and oxygen atoms in total. The maximum absolute atomic E-state index is 13.1. The van der Waals surface area contributed by atoms with Gasteiger partial charge in [0.15, 0.2) is 0 Å². The normalized spacial score (nSPS) is 13.6. The molecule has 2 N–H and O–H groups in total. The second kappa shape index (κ2) is 5.15. The summed E-state index contributed by atoms with van der Waals surface area (Å²) in [6, 6.07) is 4.37. The minimum atomic E-state index is -0.317. The lowest BCUT2D eigenvalue weighted by Crippen LogP contribution is -2.38. The molecule has 0 aromatic heterocycles. The third-order valence-electron chi connectivity index (χ3n) is 2.34. The summed E-state index contributed by atoms with van der Waals surface area (Å²) < 4.78 is 19.5. The van der Waals surface area contributed by atoms with Gasteiger partial charge in [-0.15, -0.1) is 0 Å². The van der Waals surface area contributed by atoms with Crippen LogP contribution < -0.4 is 10.5 Å². The molecule has 0 radical (unpaired) electrons. The third kappa shape index (κ3) is 3.46. The van der Waals surface area contributed by atoms with E-state index in [0.717, 1.165) is 4.47 Å². The van der Waals surface area contributed by atoms with Crippen molar-refractivity contribution in [3.05, 3.63) is 28.5 Å². The SMILES string of the molecule is CC(C)(C)C(CN)Oc1cc(F)ccc1Br. The van der Waals surface area contributed by atoms with Gasteiger partial charge in [0.05, 0.1) is 4.47 Å². The van der Waals surface area contributed by atoms with Crippen LogP contribution in [0.1, 0.15) is 20.8 Å². The van der Waals surface area contributed by atoms with Crippen molar-refractivity contribution in [2.75, 3.05) is 6.54 Å². The summed E-state index contributed by atoms with van der Waals surface area (Å²) in [5, 5.41) is 0. The van der Waals surface area contributed by atoms with Crippen molar-refractivity contribution in [3.63, 3.8) is 0 Å². The maximum Gasteiger partial charge on any atom is 0.136 e. The van der Waals surface area contributed by atoms with Crippen LogP contribution >= 0.6 is 15.9 Å². The summed E-state index contributed by atoms with van der Waals surface area (Å²) in [6.07, 6.45) is -0.148. The van der Waals surface area contributed by atoms with Gasteiger partial charge < -0.3 is 10.5 Å². The van der Waals surface area contributed by atoms with E-state index in [2.05, 4.69) is 15.9 Å². The first-order valence-electron chi connectivity index (χ1n) is 5.16. The van der Waals surface area contributed by atoms with Crippen molar-refractivity contribution >= 4 is 15.9 Å². The van der Waals surface area contributed by atoms with E-state index in [4.69, 9.17) is 10.5 Å². The van der Waals surface area contributed by atoms with Gasteiger partial charge in [-0.25, -0.2) is 4.39 Å². The molecule has 0 aliphatic heterocycles. The fourth-order valence-corrected chi connectivity index (χ4v) is 1.64. The van der Waals surface area contributed by atoms with Crippen LogP contribution in [-0.2, 0) is 0 Å². The molecule has 0 bridgehead atoms. The van der Waals surface area contributed by atoms with Crippen molar-refractivity contribution in [1.82, 2.24) is 0 Å². The Balaban J connectivity index is 2.90. The number of nitrogens with two attached hydrogens (primary N) is 1. The summed E-state index contributed by atoms with van der Waals surface area (Å²) >= 11 is 3.32. The van der Waals surface area contributed by atoms with Gasteiger partial charge in [0.2, 0.25) is 0 Å². The fourth-order valence-electron chi connectivity index (χ4n) is 1.30. The molecular weight excluding hydrogens is 273 g/mol. The topological polar surface area (TPSA) is 35.2 Å². The molecule has 1 aromatic rings. The van der Waals surface area contributed by atoms with E-state index < -0.39 is 0 Å². The van der Waals surface area contributed by atoms with Crippen LogP contribution in [0.25, 0.3) is 0 Å². The van der Waals surface area contributed by atoms with Gasteiger partial charge in [-0.3, -0.25) is 0 Å². The molecule has 1 unspecified atom stereocenters. The second-order valence-corrected chi connectivity index (χ2v) is 5.64. The lowest BCUT2D eigenvalue weighted by atomic mass is 9.89. The molecule has 0 spiro atoms. The highest BCUT2D eigenvalue weighted by Crippen LogP contribution is 2.30. The first-order chi connectivity index (χ1) is 7.34. The van der Waals surface area contributed by atoms with E-state index in [0.29, 0.717) is 12.3 Å². The number of hydrogen-bond donors (Lipinski definition) is 1. The van der Waals surface area contributed by atoms with Crippen LogP contribution in [0.5, 0.6) is 5.75 Å². The van der Waals surface area contributed by atoms with Crippen molar-refractivity contribution in [2.45, 2.75) is 26.9 Å². The van der Waals surface area contributed by atoms with E-state index in [9.17, 15) is 4.39 Å². The van der Waals surface area contributed by atoms with Gasteiger partial charge in [0.25, 0.3) is 0 Å². The Morgan fingerprint density at radius 1 is 1.44 bits per heavy atom. The van der Waals surface area contributed by atoms with Crippen molar-refractivity contribution in [3.8, 4) is 5.75 Å². The first kappa shape index (κ1) is 13.5. The number of rotatable bonds is 3. The highest BCUT2D eigenvalue weighted by atomic mass is 79.9. The Labute approximate surface area is 104 Å². The molecule has 0 saturated carbocycles. The van der Waals surface area contributed by atoms with Gasteiger partial charge in [-0.2, -0.15) is 0 Å². The monoisotopic (exact) mass is 289 g/mol. The van der Waals surface area contributed by atoms with E-state index in [1.807, 2.05) is 20.8 Å². The van der Waals surface area contributed by atoms with Crippen molar-refractivity contribution < 1.29 is 9.13 Å². The average Bonchev–Trinajstić information content (AvgIpc) is 2.17. The number of benzene rings is 1. The van der Waals surface area contributed by atoms with E-state index in [-0.39, 0.29) is 17.3 Å². The molecule has 0 aliphatic carbocycles. The predicted molar refractivity (Wildman–Crippen MR) is 67.0 cm³/mol. The van der Waals surface area contributed by atoms with Gasteiger partial charge in [-0.05, 0) is 28.1 Å². The lowest BCUT2D eigenvalue weighted by Gasteiger charge is -2.30. The largest absolute Gasteiger partial charge is 0.487 e. The van der Waals surface area contributed by atoms with Crippen molar-refractivity contribution in [1.29, 1.82) is 0 Å². The Bertz CT molecular complexity index is 363. The molecule has 0 aliphatic rings. The molecule has 1 rings (SSSR count). The summed E-state index contributed by atoms with van der Waals surface area (Å²) in [4.78, 5) is 0. The van der Waals surface area contributed by atoms with E-state index >= 15 is 0 Å². The molecule has 90 valence electrons. The first-order valence-corrected chi connectivity index (χ1v) is 5.95. The van der Waals surface area contributed by atoms with E-state index in [1.165, 1.54) is 12.1 Å². The molecule has 1 atom stereocenters. The van der Waals surface area contributed by atoms with Crippen LogP contribution in [0.4, 0.5) is 4.39 Å². The average molecular weight is 290 g/mol. The molecule has 0 saturated heterocycles. The maximum atomic E-state index is 13.1.